The van der Waals surface area contributed by atoms with Crippen LogP contribution in [0.25, 0.3) is 0 Å². The average molecular weight is 426 g/mol. The Bertz CT molecular complexity index is 880. The van der Waals surface area contributed by atoms with Crippen molar-refractivity contribution in [2.75, 3.05) is 59.3 Å². The van der Waals surface area contributed by atoms with E-state index in [1.54, 1.807) is 21.3 Å². The molecule has 8 heteroatoms. The molecule has 166 valence electrons. The number of benzene rings is 2. The molecule has 31 heavy (non-hydrogen) atoms. The van der Waals surface area contributed by atoms with Gasteiger partial charge in [-0.05, 0) is 30.3 Å². The predicted molar refractivity (Wildman–Crippen MR) is 123 cm³/mol. The molecule has 1 saturated heterocycles. The number of carbonyl (C=O) groups excluding carboxylic acids is 1. The van der Waals surface area contributed by atoms with Crippen molar-refractivity contribution in [3.8, 4) is 11.5 Å². The van der Waals surface area contributed by atoms with Gasteiger partial charge in [-0.1, -0.05) is 18.2 Å². The largest absolute Gasteiger partial charge is 0.497 e. The highest BCUT2D eigenvalue weighted by atomic mass is 16.5. The van der Waals surface area contributed by atoms with E-state index in [-0.39, 0.29) is 12.5 Å². The summed E-state index contributed by atoms with van der Waals surface area (Å²) >= 11 is 0. The number of nitrogens with zero attached hydrogens (tertiary/aromatic N) is 3. The number of hydrogen-bond donors (Lipinski definition) is 2. The molecule has 0 radical (unpaired) electrons. The topological polar surface area (TPSA) is 78.4 Å². The number of aliphatic imine (C=N–C) groups is 1. The Kier molecular flexibility index (Phi) is 8.12. The standard InChI is InChI=1S/C23H31N5O3/c1-24-23(25-16-22(29)26-19-7-5-4-6-8-19)28-13-11-27(12-14-28)17-18-15-20(30-2)9-10-21(18)31-3/h4-10,15H,11-14,16-17H2,1-3H3,(H,24,25)(H,26,29). The Morgan fingerprint density at radius 3 is 2.42 bits per heavy atom. The summed E-state index contributed by atoms with van der Waals surface area (Å²) in [5, 5.41) is 6.04. The van der Waals surface area contributed by atoms with Gasteiger partial charge in [0, 0.05) is 51.0 Å². The molecule has 3 rings (SSSR count). The lowest BCUT2D eigenvalue weighted by Gasteiger charge is -2.36. The van der Waals surface area contributed by atoms with Crippen LogP contribution in [0.3, 0.4) is 0 Å². The van der Waals surface area contributed by atoms with Gasteiger partial charge in [0.15, 0.2) is 5.96 Å². The van der Waals surface area contributed by atoms with Crippen LogP contribution in [0.4, 0.5) is 5.69 Å². The first-order valence-corrected chi connectivity index (χ1v) is 10.4. The van der Waals surface area contributed by atoms with Crippen LogP contribution in [0.15, 0.2) is 53.5 Å². The number of ether oxygens (including phenoxy) is 2. The molecule has 0 aliphatic carbocycles. The molecule has 1 fully saturated rings. The van der Waals surface area contributed by atoms with E-state index in [4.69, 9.17) is 9.47 Å². The maximum absolute atomic E-state index is 12.2. The van der Waals surface area contributed by atoms with Crippen molar-refractivity contribution in [3.05, 3.63) is 54.1 Å². The third-order valence-electron chi connectivity index (χ3n) is 5.23. The molecule has 2 aromatic carbocycles. The van der Waals surface area contributed by atoms with E-state index in [1.807, 2.05) is 48.5 Å². The zero-order chi connectivity index (χ0) is 22.1. The molecule has 0 bridgehead atoms. The van der Waals surface area contributed by atoms with Crippen molar-refractivity contribution in [1.29, 1.82) is 0 Å². The second-order valence-electron chi connectivity index (χ2n) is 7.26. The predicted octanol–water partition coefficient (Wildman–Crippen LogP) is 2.04. The molecule has 0 atom stereocenters. The number of anilines is 1. The summed E-state index contributed by atoms with van der Waals surface area (Å²) < 4.78 is 10.9. The number of rotatable bonds is 7. The summed E-state index contributed by atoms with van der Waals surface area (Å²) in [6.07, 6.45) is 0. The third-order valence-corrected chi connectivity index (χ3v) is 5.23. The molecular weight excluding hydrogens is 394 g/mol. The second kappa shape index (κ2) is 11.2. The Hall–Kier alpha value is -3.26. The molecule has 2 N–H and O–H groups in total. The van der Waals surface area contributed by atoms with Gasteiger partial charge in [0.1, 0.15) is 11.5 Å². The minimum Gasteiger partial charge on any atom is -0.497 e. The van der Waals surface area contributed by atoms with Crippen LogP contribution in [-0.4, -0.2) is 75.7 Å². The van der Waals surface area contributed by atoms with Crippen LogP contribution in [-0.2, 0) is 11.3 Å². The minimum absolute atomic E-state index is 0.101. The van der Waals surface area contributed by atoms with Crippen molar-refractivity contribution < 1.29 is 14.3 Å². The summed E-state index contributed by atoms with van der Waals surface area (Å²) in [5.74, 6) is 2.33. The monoisotopic (exact) mass is 425 g/mol. The maximum Gasteiger partial charge on any atom is 0.243 e. The highest BCUT2D eigenvalue weighted by Crippen LogP contribution is 2.25. The number of hydrogen-bond acceptors (Lipinski definition) is 5. The minimum atomic E-state index is -0.101. The molecule has 2 aromatic rings. The van der Waals surface area contributed by atoms with Crippen LogP contribution in [0.5, 0.6) is 11.5 Å². The summed E-state index contributed by atoms with van der Waals surface area (Å²) in [5.41, 5.74) is 1.89. The lowest BCUT2D eigenvalue weighted by molar-refractivity contribution is -0.115. The first-order chi connectivity index (χ1) is 15.1. The van der Waals surface area contributed by atoms with Gasteiger partial charge in [0.05, 0.1) is 20.8 Å². The molecule has 1 amide bonds. The van der Waals surface area contributed by atoms with Crippen LogP contribution in [0, 0.1) is 0 Å². The lowest BCUT2D eigenvalue weighted by atomic mass is 10.1. The highest BCUT2D eigenvalue weighted by molar-refractivity contribution is 5.95. The average Bonchev–Trinajstić information content (AvgIpc) is 2.81. The maximum atomic E-state index is 12.2. The molecule has 0 spiro atoms. The molecule has 1 aliphatic heterocycles. The van der Waals surface area contributed by atoms with Crippen LogP contribution in [0.1, 0.15) is 5.56 Å². The number of nitrogens with one attached hydrogen (secondary N) is 2. The second-order valence-corrected chi connectivity index (χ2v) is 7.26. The summed E-state index contributed by atoms with van der Waals surface area (Å²) in [4.78, 5) is 21.1. The summed E-state index contributed by atoms with van der Waals surface area (Å²) in [6.45, 7) is 4.38. The van der Waals surface area contributed by atoms with Gasteiger partial charge in [0.25, 0.3) is 0 Å². The molecule has 1 aliphatic rings. The molecule has 0 unspecified atom stereocenters. The Labute approximate surface area is 183 Å². The van der Waals surface area contributed by atoms with E-state index in [2.05, 4.69) is 25.4 Å². The number of para-hydroxylation sites is 1. The SMILES string of the molecule is CN=C(NCC(=O)Nc1ccccc1)N1CCN(Cc2cc(OC)ccc2OC)CC1. The number of methoxy groups -OCH3 is 2. The van der Waals surface area contributed by atoms with Gasteiger partial charge >= 0.3 is 0 Å². The summed E-state index contributed by atoms with van der Waals surface area (Å²) in [6, 6.07) is 15.3. The zero-order valence-electron chi connectivity index (χ0n) is 18.4. The lowest BCUT2D eigenvalue weighted by Crippen LogP contribution is -2.53. The fourth-order valence-electron chi connectivity index (χ4n) is 3.58. The van der Waals surface area contributed by atoms with E-state index in [9.17, 15) is 4.79 Å². The van der Waals surface area contributed by atoms with Gasteiger partial charge in [-0.2, -0.15) is 0 Å². The Morgan fingerprint density at radius 2 is 1.77 bits per heavy atom. The fourth-order valence-corrected chi connectivity index (χ4v) is 3.58. The molecule has 8 nitrogen and oxygen atoms in total. The molecule has 0 saturated carbocycles. The van der Waals surface area contributed by atoms with E-state index in [0.29, 0.717) is 0 Å². The molecule has 1 heterocycles. The molecule has 0 aromatic heterocycles. The van der Waals surface area contributed by atoms with E-state index >= 15 is 0 Å². The quantitative estimate of drug-likeness (QED) is 0.522. The van der Waals surface area contributed by atoms with Crippen molar-refractivity contribution in [1.82, 2.24) is 15.1 Å². The first-order valence-electron chi connectivity index (χ1n) is 10.4. The van der Waals surface area contributed by atoms with Crippen molar-refractivity contribution in [2.45, 2.75) is 6.54 Å². The van der Waals surface area contributed by atoms with Gasteiger partial charge in [-0.3, -0.25) is 14.7 Å². The smallest absolute Gasteiger partial charge is 0.243 e. The normalized spacial score (nSPS) is 14.8. The van der Waals surface area contributed by atoms with Crippen LogP contribution >= 0.6 is 0 Å². The van der Waals surface area contributed by atoms with E-state index < -0.39 is 0 Å². The van der Waals surface area contributed by atoms with Gasteiger partial charge in [-0.15, -0.1) is 0 Å². The number of guanidine groups is 1. The fraction of sp³-hybridized carbons (Fsp3) is 0.391. The number of piperazine rings is 1. The highest BCUT2D eigenvalue weighted by Gasteiger charge is 2.21. The van der Waals surface area contributed by atoms with Crippen LogP contribution in [0.2, 0.25) is 0 Å². The zero-order valence-corrected chi connectivity index (χ0v) is 18.4. The van der Waals surface area contributed by atoms with Crippen molar-refractivity contribution >= 4 is 17.6 Å². The number of amides is 1. The number of carbonyl (C=O) groups is 1. The summed E-state index contributed by atoms with van der Waals surface area (Å²) in [7, 11) is 5.10. The van der Waals surface area contributed by atoms with Gasteiger partial charge < -0.3 is 25.0 Å². The van der Waals surface area contributed by atoms with Crippen molar-refractivity contribution in [3.63, 3.8) is 0 Å². The van der Waals surface area contributed by atoms with Gasteiger partial charge in [0.2, 0.25) is 5.91 Å². The van der Waals surface area contributed by atoms with Crippen LogP contribution < -0.4 is 20.1 Å². The van der Waals surface area contributed by atoms with E-state index in [0.717, 1.165) is 61.4 Å². The van der Waals surface area contributed by atoms with Crippen molar-refractivity contribution in [2.24, 2.45) is 4.99 Å². The first kappa shape index (κ1) is 22.4. The third kappa shape index (κ3) is 6.36. The Balaban J connectivity index is 1.48. The van der Waals surface area contributed by atoms with E-state index in [1.165, 1.54) is 0 Å². The van der Waals surface area contributed by atoms with Gasteiger partial charge in [-0.25, -0.2) is 0 Å². The Morgan fingerprint density at radius 1 is 1.03 bits per heavy atom. The molecular formula is C23H31N5O3.